The Hall–Kier alpha value is -2.08. The zero-order chi connectivity index (χ0) is 14.5. The summed E-state index contributed by atoms with van der Waals surface area (Å²) < 4.78 is 15.5. The molecule has 0 aliphatic carbocycles. The predicted octanol–water partition coefficient (Wildman–Crippen LogP) is 2.03. The average molecular weight is 277 g/mol. The van der Waals surface area contributed by atoms with E-state index in [1.54, 1.807) is 21.1 Å². The van der Waals surface area contributed by atoms with Crippen molar-refractivity contribution in [2.45, 2.75) is 20.0 Å². The number of nitrogens with zero attached hydrogens (tertiary/aromatic N) is 3. The highest BCUT2D eigenvalue weighted by Crippen LogP contribution is 2.23. The van der Waals surface area contributed by atoms with Crippen molar-refractivity contribution in [2.75, 3.05) is 21.3 Å². The predicted molar refractivity (Wildman–Crippen MR) is 73.8 cm³/mol. The Morgan fingerprint density at radius 1 is 1.10 bits per heavy atom. The molecule has 1 heterocycles. The van der Waals surface area contributed by atoms with E-state index in [-0.39, 0.29) is 0 Å². The van der Waals surface area contributed by atoms with Crippen LogP contribution in [0.25, 0.3) is 0 Å². The van der Waals surface area contributed by atoms with Gasteiger partial charge in [0.05, 0.1) is 20.8 Å². The molecule has 2 aromatic rings. The zero-order valence-corrected chi connectivity index (χ0v) is 12.2. The first-order chi connectivity index (χ1) is 9.60. The van der Waals surface area contributed by atoms with Gasteiger partial charge in [-0.2, -0.15) is 4.98 Å². The van der Waals surface area contributed by atoms with Gasteiger partial charge in [0.25, 0.3) is 0 Å². The van der Waals surface area contributed by atoms with Gasteiger partial charge < -0.3 is 14.0 Å². The molecule has 0 amide bonds. The fraction of sp³-hybridized carbons (Fsp3) is 0.429. The van der Waals surface area contributed by atoms with Gasteiger partial charge in [0, 0.05) is 19.5 Å². The van der Waals surface area contributed by atoms with Crippen molar-refractivity contribution in [2.24, 2.45) is 0 Å². The minimum atomic E-state index is 0.580. The first kappa shape index (κ1) is 14.3. The Morgan fingerprint density at radius 3 is 2.25 bits per heavy atom. The van der Waals surface area contributed by atoms with Gasteiger partial charge in [-0.05, 0) is 24.7 Å². The number of benzene rings is 1. The molecule has 0 radical (unpaired) electrons. The fourth-order valence-electron chi connectivity index (χ4n) is 1.97. The SMILES string of the molecule is COc1cc(CN(C)Cc2noc(C)n2)cc(OC)c1. The van der Waals surface area contributed by atoms with Gasteiger partial charge in [-0.1, -0.05) is 5.16 Å². The van der Waals surface area contributed by atoms with Crippen LogP contribution in [0.1, 0.15) is 17.3 Å². The summed E-state index contributed by atoms with van der Waals surface area (Å²) in [4.78, 5) is 6.29. The Bertz CT molecular complexity index is 546. The summed E-state index contributed by atoms with van der Waals surface area (Å²) in [6.45, 7) is 3.14. The topological polar surface area (TPSA) is 60.6 Å². The van der Waals surface area contributed by atoms with Gasteiger partial charge in [-0.25, -0.2) is 0 Å². The second kappa shape index (κ2) is 6.38. The minimum absolute atomic E-state index is 0.580. The van der Waals surface area contributed by atoms with E-state index in [1.165, 1.54) is 0 Å². The third-order valence-electron chi connectivity index (χ3n) is 2.84. The van der Waals surface area contributed by atoms with Gasteiger partial charge in [0.2, 0.25) is 5.89 Å². The van der Waals surface area contributed by atoms with Crippen molar-refractivity contribution >= 4 is 0 Å². The summed E-state index contributed by atoms with van der Waals surface area (Å²) in [5, 5.41) is 3.89. The van der Waals surface area contributed by atoms with Crippen molar-refractivity contribution in [3.8, 4) is 11.5 Å². The standard InChI is InChI=1S/C14H19N3O3/c1-10-15-14(16-20-10)9-17(2)8-11-5-12(18-3)7-13(6-11)19-4/h5-7H,8-9H2,1-4H3. The molecule has 0 fully saturated rings. The molecule has 6 heteroatoms. The molecule has 0 saturated carbocycles. The lowest BCUT2D eigenvalue weighted by Crippen LogP contribution is -2.18. The van der Waals surface area contributed by atoms with Gasteiger partial charge in [-0.15, -0.1) is 0 Å². The molecule has 0 atom stereocenters. The van der Waals surface area contributed by atoms with Gasteiger partial charge in [0.1, 0.15) is 11.5 Å². The van der Waals surface area contributed by atoms with E-state index < -0.39 is 0 Å². The van der Waals surface area contributed by atoms with Crippen LogP contribution in [0.5, 0.6) is 11.5 Å². The third kappa shape index (κ3) is 3.71. The Kier molecular flexibility index (Phi) is 4.57. The van der Waals surface area contributed by atoms with E-state index in [1.807, 2.05) is 25.2 Å². The fourth-order valence-corrected chi connectivity index (χ4v) is 1.97. The lowest BCUT2D eigenvalue weighted by Gasteiger charge is -2.16. The third-order valence-corrected chi connectivity index (χ3v) is 2.84. The molecular formula is C14H19N3O3. The first-order valence-electron chi connectivity index (χ1n) is 6.30. The van der Waals surface area contributed by atoms with Crippen LogP contribution in [-0.2, 0) is 13.1 Å². The Labute approximate surface area is 118 Å². The molecule has 0 spiro atoms. The van der Waals surface area contributed by atoms with Crippen LogP contribution in [0.2, 0.25) is 0 Å². The van der Waals surface area contributed by atoms with E-state index in [2.05, 4.69) is 15.0 Å². The molecule has 0 saturated heterocycles. The lowest BCUT2D eigenvalue weighted by atomic mass is 10.2. The highest BCUT2D eigenvalue weighted by molar-refractivity contribution is 5.38. The van der Waals surface area contributed by atoms with Gasteiger partial charge in [-0.3, -0.25) is 4.90 Å². The lowest BCUT2D eigenvalue weighted by molar-refractivity contribution is 0.299. The smallest absolute Gasteiger partial charge is 0.223 e. The Morgan fingerprint density at radius 2 is 1.75 bits per heavy atom. The zero-order valence-electron chi connectivity index (χ0n) is 12.2. The number of ether oxygens (including phenoxy) is 2. The van der Waals surface area contributed by atoms with Crippen molar-refractivity contribution < 1.29 is 14.0 Å². The Balaban J connectivity index is 2.04. The van der Waals surface area contributed by atoms with Crippen LogP contribution in [0.15, 0.2) is 22.7 Å². The van der Waals surface area contributed by atoms with Crippen LogP contribution < -0.4 is 9.47 Å². The number of hydrogen-bond acceptors (Lipinski definition) is 6. The molecule has 0 aliphatic heterocycles. The molecule has 0 N–H and O–H groups in total. The van der Waals surface area contributed by atoms with E-state index in [0.29, 0.717) is 18.3 Å². The number of hydrogen-bond donors (Lipinski definition) is 0. The highest BCUT2D eigenvalue weighted by atomic mass is 16.5. The molecule has 0 unspecified atom stereocenters. The van der Waals surface area contributed by atoms with Crippen LogP contribution in [0, 0.1) is 6.92 Å². The van der Waals surface area contributed by atoms with Crippen LogP contribution in [0.3, 0.4) is 0 Å². The molecule has 6 nitrogen and oxygen atoms in total. The normalized spacial score (nSPS) is 10.8. The summed E-state index contributed by atoms with van der Waals surface area (Å²) in [5.41, 5.74) is 1.10. The number of rotatable bonds is 6. The van der Waals surface area contributed by atoms with E-state index in [4.69, 9.17) is 14.0 Å². The molecule has 0 bridgehead atoms. The first-order valence-corrected chi connectivity index (χ1v) is 6.30. The summed E-state index contributed by atoms with van der Waals surface area (Å²) in [5.74, 6) is 2.82. The second-order valence-electron chi connectivity index (χ2n) is 4.62. The van der Waals surface area contributed by atoms with Crippen molar-refractivity contribution in [3.63, 3.8) is 0 Å². The maximum atomic E-state index is 5.26. The molecule has 1 aromatic carbocycles. The summed E-state index contributed by atoms with van der Waals surface area (Å²) >= 11 is 0. The molecule has 0 aliphatic rings. The highest BCUT2D eigenvalue weighted by Gasteiger charge is 2.09. The van der Waals surface area contributed by atoms with Crippen LogP contribution >= 0.6 is 0 Å². The minimum Gasteiger partial charge on any atom is -0.497 e. The molecular weight excluding hydrogens is 258 g/mol. The maximum absolute atomic E-state index is 5.26. The van der Waals surface area contributed by atoms with Crippen molar-refractivity contribution in [1.82, 2.24) is 15.0 Å². The number of aromatic nitrogens is 2. The van der Waals surface area contributed by atoms with E-state index >= 15 is 0 Å². The summed E-state index contributed by atoms with van der Waals surface area (Å²) in [6, 6.07) is 5.83. The monoisotopic (exact) mass is 277 g/mol. The van der Waals surface area contributed by atoms with Crippen molar-refractivity contribution in [1.29, 1.82) is 0 Å². The van der Waals surface area contributed by atoms with Crippen LogP contribution in [-0.4, -0.2) is 36.3 Å². The molecule has 1 aromatic heterocycles. The van der Waals surface area contributed by atoms with Gasteiger partial charge in [0.15, 0.2) is 5.82 Å². The quantitative estimate of drug-likeness (QED) is 0.805. The largest absolute Gasteiger partial charge is 0.497 e. The van der Waals surface area contributed by atoms with Crippen LogP contribution in [0.4, 0.5) is 0 Å². The van der Waals surface area contributed by atoms with Crippen molar-refractivity contribution in [3.05, 3.63) is 35.5 Å². The molecule has 108 valence electrons. The second-order valence-corrected chi connectivity index (χ2v) is 4.62. The summed E-state index contributed by atoms with van der Waals surface area (Å²) in [7, 11) is 5.28. The molecule has 2 rings (SSSR count). The van der Waals surface area contributed by atoms with Gasteiger partial charge >= 0.3 is 0 Å². The average Bonchev–Trinajstić information content (AvgIpc) is 2.83. The summed E-state index contributed by atoms with van der Waals surface area (Å²) in [6.07, 6.45) is 0. The van der Waals surface area contributed by atoms with E-state index in [0.717, 1.165) is 23.6 Å². The van der Waals surface area contributed by atoms with E-state index in [9.17, 15) is 0 Å². The maximum Gasteiger partial charge on any atom is 0.223 e. The number of methoxy groups -OCH3 is 2. The molecule has 20 heavy (non-hydrogen) atoms. The number of aryl methyl sites for hydroxylation is 1.